The third-order valence-corrected chi connectivity index (χ3v) is 6.20. The highest BCUT2D eigenvalue weighted by Crippen LogP contribution is 2.34. The standard InChI is InChI=1S/C24H31N5O/c1-8-18(9-2)20-13-14(3)27-29-22(16(5)26-24(20)29)21-15(4)25-23-19(17(6)30-7)11-10-12-28(21)23/h10-13,17-18H,8-9H2,1-7H3. The maximum absolute atomic E-state index is 5.58. The Morgan fingerprint density at radius 1 is 0.967 bits per heavy atom. The molecule has 0 radical (unpaired) electrons. The van der Waals surface area contributed by atoms with E-state index in [9.17, 15) is 0 Å². The lowest BCUT2D eigenvalue weighted by atomic mass is 9.95. The average molecular weight is 406 g/mol. The van der Waals surface area contributed by atoms with Crippen molar-refractivity contribution in [1.82, 2.24) is 24.0 Å². The number of imidazole rings is 2. The number of rotatable bonds is 6. The second-order valence-corrected chi connectivity index (χ2v) is 8.12. The number of pyridine rings is 1. The highest BCUT2D eigenvalue weighted by molar-refractivity contribution is 5.71. The Morgan fingerprint density at radius 3 is 2.30 bits per heavy atom. The number of hydrogen-bond acceptors (Lipinski definition) is 4. The molecule has 4 rings (SSSR count). The van der Waals surface area contributed by atoms with E-state index in [2.05, 4.69) is 63.4 Å². The van der Waals surface area contributed by atoms with Crippen LogP contribution >= 0.6 is 0 Å². The Hall–Kier alpha value is -2.73. The predicted molar refractivity (Wildman–Crippen MR) is 120 cm³/mol. The third-order valence-electron chi connectivity index (χ3n) is 6.20. The van der Waals surface area contributed by atoms with Gasteiger partial charge in [0.05, 0.1) is 28.9 Å². The molecule has 4 aromatic rings. The van der Waals surface area contributed by atoms with Gasteiger partial charge in [0.1, 0.15) is 11.3 Å². The summed E-state index contributed by atoms with van der Waals surface area (Å²) in [6, 6.07) is 6.33. The second-order valence-electron chi connectivity index (χ2n) is 8.12. The molecule has 0 aliphatic rings. The van der Waals surface area contributed by atoms with E-state index >= 15 is 0 Å². The molecule has 0 aromatic carbocycles. The maximum Gasteiger partial charge on any atom is 0.158 e. The minimum absolute atomic E-state index is 0.0338. The highest BCUT2D eigenvalue weighted by atomic mass is 16.5. The Labute approximate surface area is 177 Å². The molecule has 0 N–H and O–H groups in total. The first-order valence-electron chi connectivity index (χ1n) is 10.8. The lowest BCUT2D eigenvalue weighted by Gasteiger charge is -2.15. The van der Waals surface area contributed by atoms with Crippen molar-refractivity contribution in [2.45, 2.75) is 66.4 Å². The van der Waals surface area contributed by atoms with Gasteiger partial charge in [0.25, 0.3) is 0 Å². The molecular weight excluding hydrogens is 374 g/mol. The topological polar surface area (TPSA) is 56.7 Å². The van der Waals surface area contributed by atoms with Gasteiger partial charge in [-0.3, -0.25) is 4.40 Å². The normalized spacial score (nSPS) is 13.1. The lowest BCUT2D eigenvalue weighted by molar-refractivity contribution is 0.120. The van der Waals surface area contributed by atoms with Gasteiger partial charge in [-0.2, -0.15) is 5.10 Å². The van der Waals surface area contributed by atoms with Gasteiger partial charge < -0.3 is 4.74 Å². The van der Waals surface area contributed by atoms with Gasteiger partial charge in [0.15, 0.2) is 5.65 Å². The first-order chi connectivity index (χ1) is 14.4. The van der Waals surface area contributed by atoms with Crippen molar-refractivity contribution in [1.29, 1.82) is 0 Å². The van der Waals surface area contributed by atoms with Gasteiger partial charge >= 0.3 is 0 Å². The first kappa shape index (κ1) is 20.5. The molecule has 0 saturated heterocycles. The molecule has 6 nitrogen and oxygen atoms in total. The monoisotopic (exact) mass is 405 g/mol. The third kappa shape index (κ3) is 3.10. The van der Waals surface area contributed by atoms with Crippen LogP contribution in [0.2, 0.25) is 0 Å². The van der Waals surface area contributed by atoms with Gasteiger partial charge in [0.2, 0.25) is 0 Å². The van der Waals surface area contributed by atoms with Crippen LogP contribution in [0, 0.1) is 20.8 Å². The highest BCUT2D eigenvalue weighted by Gasteiger charge is 2.24. The number of ether oxygens (including phenoxy) is 1. The summed E-state index contributed by atoms with van der Waals surface area (Å²) in [5.74, 6) is 0.473. The van der Waals surface area contributed by atoms with Crippen molar-refractivity contribution in [2.24, 2.45) is 0 Å². The van der Waals surface area contributed by atoms with E-state index in [4.69, 9.17) is 19.8 Å². The summed E-state index contributed by atoms with van der Waals surface area (Å²) < 4.78 is 9.76. The summed E-state index contributed by atoms with van der Waals surface area (Å²) >= 11 is 0. The molecule has 30 heavy (non-hydrogen) atoms. The van der Waals surface area contributed by atoms with E-state index in [1.54, 1.807) is 7.11 Å². The van der Waals surface area contributed by atoms with Gasteiger partial charge in [-0.05, 0) is 58.6 Å². The van der Waals surface area contributed by atoms with Crippen molar-refractivity contribution in [3.63, 3.8) is 0 Å². The van der Waals surface area contributed by atoms with Crippen LogP contribution in [0.1, 0.15) is 73.8 Å². The van der Waals surface area contributed by atoms with E-state index < -0.39 is 0 Å². The minimum atomic E-state index is -0.0338. The Morgan fingerprint density at radius 2 is 1.63 bits per heavy atom. The van der Waals surface area contributed by atoms with Crippen molar-refractivity contribution in [3.05, 3.63) is 52.6 Å². The number of aromatic nitrogens is 5. The molecule has 1 unspecified atom stereocenters. The zero-order valence-electron chi connectivity index (χ0n) is 19.0. The summed E-state index contributed by atoms with van der Waals surface area (Å²) in [5.41, 5.74) is 9.20. The molecule has 0 spiro atoms. The fourth-order valence-electron chi connectivity index (χ4n) is 4.51. The number of nitrogens with zero attached hydrogens (tertiary/aromatic N) is 5. The number of methoxy groups -OCH3 is 1. The minimum Gasteiger partial charge on any atom is -0.377 e. The van der Waals surface area contributed by atoms with Crippen LogP contribution in [0.5, 0.6) is 0 Å². The van der Waals surface area contributed by atoms with Crippen molar-refractivity contribution in [2.75, 3.05) is 7.11 Å². The molecule has 0 aliphatic carbocycles. The smallest absolute Gasteiger partial charge is 0.158 e. The Kier molecular flexibility index (Phi) is 5.36. The van der Waals surface area contributed by atoms with Crippen molar-refractivity contribution < 1.29 is 4.74 Å². The van der Waals surface area contributed by atoms with E-state index in [1.807, 2.05) is 11.4 Å². The molecule has 0 fully saturated rings. The second kappa shape index (κ2) is 7.84. The van der Waals surface area contributed by atoms with Crippen LogP contribution in [0.3, 0.4) is 0 Å². The van der Waals surface area contributed by atoms with Crippen LogP contribution in [0.4, 0.5) is 0 Å². The summed E-state index contributed by atoms with van der Waals surface area (Å²) in [5, 5.41) is 4.87. The summed E-state index contributed by atoms with van der Waals surface area (Å²) in [6.45, 7) is 12.7. The van der Waals surface area contributed by atoms with E-state index in [-0.39, 0.29) is 6.10 Å². The maximum atomic E-state index is 5.58. The average Bonchev–Trinajstić information content (AvgIpc) is 3.23. The van der Waals surface area contributed by atoms with Crippen LogP contribution in [-0.4, -0.2) is 31.1 Å². The number of fused-ring (bicyclic) bond motifs is 2. The van der Waals surface area contributed by atoms with E-state index in [0.29, 0.717) is 5.92 Å². The SMILES string of the molecule is CCC(CC)c1cc(C)nn2c(-c3c(C)nc4c(C(C)OC)cccn34)c(C)nc12. The fourth-order valence-corrected chi connectivity index (χ4v) is 4.51. The molecule has 4 heterocycles. The Balaban J connectivity index is 2.05. The Bertz CT molecular complexity index is 1220. The molecule has 0 bridgehead atoms. The summed E-state index contributed by atoms with van der Waals surface area (Å²) in [6.07, 6.45) is 4.20. The van der Waals surface area contributed by atoms with Gasteiger partial charge in [-0.15, -0.1) is 0 Å². The van der Waals surface area contributed by atoms with Crippen LogP contribution < -0.4 is 0 Å². The van der Waals surface area contributed by atoms with Gasteiger partial charge in [-0.25, -0.2) is 14.5 Å². The van der Waals surface area contributed by atoms with Crippen LogP contribution in [0.15, 0.2) is 24.4 Å². The largest absolute Gasteiger partial charge is 0.377 e. The van der Waals surface area contributed by atoms with Crippen LogP contribution in [0.25, 0.3) is 22.7 Å². The number of aryl methyl sites for hydroxylation is 3. The fraction of sp³-hybridized carbons (Fsp3) is 0.458. The van der Waals surface area contributed by atoms with E-state index in [1.165, 1.54) is 5.56 Å². The zero-order valence-corrected chi connectivity index (χ0v) is 19.0. The quantitative estimate of drug-likeness (QED) is 0.420. The van der Waals surface area contributed by atoms with E-state index in [0.717, 1.165) is 58.2 Å². The molecule has 0 amide bonds. The van der Waals surface area contributed by atoms with Crippen LogP contribution in [-0.2, 0) is 4.74 Å². The molecule has 0 saturated carbocycles. The van der Waals surface area contributed by atoms with Gasteiger partial charge in [-0.1, -0.05) is 19.9 Å². The summed E-state index contributed by atoms with van der Waals surface area (Å²) in [7, 11) is 1.73. The lowest BCUT2D eigenvalue weighted by Crippen LogP contribution is -2.06. The first-order valence-corrected chi connectivity index (χ1v) is 10.8. The predicted octanol–water partition coefficient (Wildman–Crippen LogP) is 5.58. The molecule has 6 heteroatoms. The number of hydrogen-bond donors (Lipinski definition) is 0. The van der Waals surface area contributed by atoms with Crippen molar-refractivity contribution in [3.8, 4) is 11.4 Å². The van der Waals surface area contributed by atoms with Gasteiger partial charge in [0, 0.05) is 24.4 Å². The summed E-state index contributed by atoms with van der Waals surface area (Å²) in [4.78, 5) is 9.90. The molecule has 4 aromatic heterocycles. The molecule has 0 aliphatic heterocycles. The molecular formula is C24H31N5O. The van der Waals surface area contributed by atoms with Crippen molar-refractivity contribution >= 4 is 11.3 Å². The molecule has 1 atom stereocenters. The zero-order chi connectivity index (χ0) is 21.6. The molecule has 158 valence electrons.